The van der Waals surface area contributed by atoms with Gasteiger partial charge in [0.2, 0.25) is 10.0 Å². The number of aliphatic hydroxyl groups excluding tert-OH is 1. The summed E-state index contributed by atoms with van der Waals surface area (Å²) in [6.45, 7) is 4.14. The highest BCUT2D eigenvalue weighted by Crippen LogP contribution is 2.29. The van der Waals surface area contributed by atoms with E-state index in [-0.39, 0.29) is 30.4 Å². The Balaban J connectivity index is 1.88. The standard InChI is InChI=1S/C28H35N3O10S2/c1-17(2)12-31(43(38,39)22-8-9-24(33)25(34)11-22)13-26(41-27(35)14-32)23(30-28(36)37)10-19-4-6-21(7-5-19)40-15-20-16-42-18(3)29-20/h4-9,11,16-17,23,26,30,32-34H,10,12-15H2,1-3H3,(H,36,37)/t23-,26+/m0/s1. The third-order valence-corrected chi connectivity index (χ3v) is 8.79. The third kappa shape index (κ3) is 9.81. The number of esters is 1. The van der Waals surface area contributed by atoms with Gasteiger partial charge >= 0.3 is 12.1 Å². The molecule has 0 saturated carbocycles. The number of nitrogens with one attached hydrogen (secondary N) is 1. The first-order chi connectivity index (χ1) is 20.3. The molecule has 0 bridgehead atoms. The highest BCUT2D eigenvalue weighted by Gasteiger charge is 2.35. The van der Waals surface area contributed by atoms with E-state index < -0.39 is 58.9 Å². The Hall–Kier alpha value is -3.92. The zero-order chi connectivity index (χ0) is 31.7. The van der Waals surface area contributed by atoms with E-state index in [2.05, 4.69) is 10.3 Å². The first-order valence-electron chi connectivity index (χ1n) is 13.2. The maximum absolute atomic E-state index is 13.6. The maximum Gasteiger partial charge on any atom is 0.405 e. The Bertz CT molecular complexity index is 1490. The molecule has 0 fully saturated rings. The number of ether oxygens (including phenoxy) is 2. The highest BCUT2D eigenvalue weighted by molar-refractivity contribution is 7.89. The molecule has 0 spiro atoms. The minimum Gasteiger partial charge on any atom is -0.504 e. The minimum atomic E-state index is -4.33. The number of aryl methyl sites for hydroxylation is 1. The SMILES string of the molecule is Cc1nc(COc2ccc(C[C@H](NC(=O)O)[C@@H](CN(CC(C)C)S(=O)(=O)c3ccc(O)c(O)c3)OC(=O)CO)cc2)cs1. The van der Waals surface area contributed by atoms with Crippen LogP contribution in [0.25, 0.3) is 0 Å². The van der Waals surface area contributed by atoms with Crippen molar-refractivity contribution in [3.8, 4) is 17.2 Å². The Labute approximate surface area is 253 Å². The van der Waals surface area contributed by atoms with Gasteiger partial charge in [0.15, 0.2) is 11.5 Å². The summed E-state index contributed by atoms with van der Waals surface area (Å²) in [6.07, 6.45) is -2.80. The van der Waals surface area contributed by atoms with Crippen LogP contribution in [0.1, 0.15) is 30.1 Å². The molecule has 234 valence electrons. The number of sulfonamides is 1. The molecule has 13 nitrogen and oxygen atoms in total. The van der Waals surface area contributed by atoms with Gasteiger partial charge in [-0.05, 0) is 49.1 Å². The number of phenols is 2. The van der Waals surface area contributed by atoms with E-state index >= 15 is 0 Å². The van der Waals surface area contributed by atoms with Crippen LogP contribution >= 0.6 is 11.3 Å². The van der Waals surface area contributed by atoms with Crippen molar-refractivity contribution in [3.05, 3.63) is 64.1 Å². The Morgan fingerprint density at radius 3 is 2.33 bits per heavy atom. The lowest BCUT2D eigenvalue weighted by atomic mass is 10.0. The Morgan fingerprint density at radius 1 is 1.07 bits per heavy atom. The van der Waals surface area contributed by atoms with Crippen LogP contribution in [-0.2, 0) is 32.6 Å². The number of hydrogen-bond donors (Lipinski definition) is 5. The molecule has 1 amide bonds. The molecule has 15 heteroatoms. The molecule has 0 unspecified atom stereocenters. The number of phenolic OH excluding ortho intramolecular Hbond substituents is 2. The summed E-state index contributed by atoms with van der Waals surface area (Å²) in [6, 6.07) is 8.67. The van der Waals surface area contributed by atoms with Gasteiger partial charge in [0.1, 0.15) is 25.1 Å². The van der Waals surface area contributed by atoms with Gasteiger partial charge in [-0.2, -0.15) is 4.31 Å². The molecule has 1 heterocycles. The second-order valence-corrected chi connectivity index (χ2v) is 13.1. The van der Waals surface area contributed by atoms with Crippen LogP contribution < -0.4 is 10.1 Å². The van der Waals surface area contributed by atoms with E-state index in [1.807, 2.05) is 12.3 Å². The van der Waals surface area contributed by atoms with Crippen molar-refractivity contribution < 1.29 is 47.9 Å². The van der Waals surface area contributed by atoms with Crippen LogP contribution in [0.15, 0.2) is 52.7 Å². The smallest absolute Gasteiger partial charge is 0.405 e. The second kappa shape index (κ2) is 15.0. The second-order valence-electron chi connectivity index (χ2n) is 10.1. The Morgan fingerprint density at radius 2 is 1.77 bits per heavy atom. The molecule has 2 atom stereocenters. The van der Waals surface area contributed by atoms with E-state index in [9.17, 15) is 38.4 Å². The summed E-state index contributed by atoms with van der Waals surface area (Å²) in [5, 5.41) is 43.6. The number of nitrogens with zero attached hydrogens (tertiary/aromatic N) is 2. The van der Waals surface area contributed by atoms with Crippen molar-refractivity contribution in [3.63, 3.8) is 0 Å². The number of aromatic nitrogens is 1. The number of amides is 1. The van der Waals surface area contributed by atoms with Gasteiger partial charge in [-0.15, -0.1) is 11.3 Å². The predicted molar refractivity (Wildman–Crippen MR) is 157 cm³/mol. The summed E-state index contributed by atoms with van der Waals surface area (Å²) in [4.78, 5) is 28.0. The summed E-state index contributed by atoms with van der Waals surface area (Å²) in [5.74, 6) is -1.89. The Kier molecular flexibility index (Phi) is 11.7. The summed E-state index contributed by atoms with van der Waals surface area (Å²) < 4.78 is 39.4. The molecule has 43 heavy (non-hydrogen) atoms. The molecule has 5 N–H and O–H groups in total. The van der Waals surface area contributed by atoms with Crippen molar-refractivity contribution in [2.45, 2.75) is 50.8 Å². The fourth-order valence-electron chi connectivity index (χ4n) is 4.19. The fourth-order valence-corrected chi connectivity index (χ4v) is 6.42. The lowest BCUT2D eigenvalue weighted by Crippen LogP contribution is -2.52. The highest BCUT2D eigenvalue weighted by atomic mass is 32.2. The molecule has 0 aliphatic rings. The average molecular weight is 638 g/mol. The van der Waals surface area contributed by atoms with Crippen molar-refractivity contribution in [2.75, 3.05) is 19.7 Å². The monoisotopic (exact) mass is 637 g/mol. The van der Waals surface area contributed by atoms with Crippen molar-refractivity contribution in [1.29, 1.82) is 0 Å². The predicted octanol–water partition coefficient (Wildman–Crippen LogP) is 2.87. The van der Waals surface area contributed by atoms with Gasteiger partial charge in [-0.1, -0.05) is 26.0 Å². The van der Waals surface area contributed by atoms with Gasteiger partial charge in [-0.3, -0.25) is 0 Å². The summed E-state index contributed by atoms with van der Waals surface area (Å²) in [5.41, 5.74) is 1.41. The number of carbonyl (C=O) groups excluding carboxylic acids is 1. The van der Waals surface area contributed by atoms with Crippen molar-refractivity contribution in [2.24, 2.45) is 5.92 Å². The van der Waals surface area contributed by atoms with Crippen LogP contribution in [0.4, 0.5) is 4.79 Å². The largest absolute Gasteiger partial charge is 0.504 e. The summed E-state index contributed by atoms with van der Waals surface area (Å²) in [7, 11) is -4.33. The first-order valence-corrected chi connectivity index (χ1v) is 15.5. The fraction of sp³-hybridized carbons (Fsp3) is 0.393. The van der Waals surface area contributed by atoms with E-state index in [1.165, 1.54) is 11.3 Å². The molecule has 0 aliphatic carbocycles. The zero-order valence-electron chi connectivity index (χ0n) is 23.8. The lowest BCUT2D eigenvalue weighted by Gasteiger charge is -2.32. The van der Waals surface area contributed by atoms with E-state index in [4.69, 9.17) is 9.47 Å². The molecule has 0 aliphatic heterocycles. The van der Waals surface area contributed by atoms with Gasteiger partial charge in [0.25, 0.3) is 0 Å². The number of thiazole rings is 1. The summed E-state index contributed by atoms with van der Waals surface area (Å²) >= 11 is 1.51. The molecule has 1 aromatic heterocycles. The van der Waals surface area contributed by atoms with Crippen LogP contribution in [0.5, 0.6) is 17.2 Å². The molecule has 0 radical (unpaired) electrons. The number of carboxylic acid groups (broad SMARTS) is 1. The van der Waals surface area contributed by atoms with Crippen LogP contribution in [0, 0.1) is 12.8 Å². The molecular weight excluding hydrogens is 602 g/mol. The maximum atomic E-state index is 13.6. The van der Waals surface area contributed by atoms with Gasteiger partial charge in [0.05, 0.1) is 28.2 Å². The van der Waals surface area contributed by atoms with E-state index in [0.717, 1.165) is 33.2 Å². The van der Waals surface area contributed by atoms with Crippen molar-refractivity contribution >= 4 is 33.4 Å². The van der Waals surface area contributed by atoms with Crippen LogP contribution in [0.3, 0.4) is 0 Å². The zero-order valence-corrected chi connectivity index (χ0v) is 25.5. The number of benzene rings is 2. The lowest BCUT2D eigenvalue weighted by molar-refractivity contribution is -0.154. The number of carbonyl (C=O) groups is 2. The quantitative estimate of drug-likeness (QED) is 0.121. The topological polar surface area (TPSA) is 196 Å². The van der Waals surface area contributed by atoms with Gasteiger partial charge in [-0.25, -0.2) is 23.0 Å². The third-order valence-electron chi connectivity index (χ3n) is 6.14. The van der Waals surface area contributed by atoms with E-state index in [0.29, 0.717) is 11.3 Å². The first kappa shape index (κ1) is 33.6. The number of rotatable bonds is 15. The number of aromatic hydroxyl groups is 2. The minimum absolute atomic E-state index is 0.00317. The molecule has 0 saturated heterocycles. The molecule has 2 aromatic carbocycles. The number of aliphatic hydroxyl groups is 1. The average Bonchev–Trinajstić information content (AvgIpc) is 3.37. The molecular formula is C28H35N3O10S2. The van der Waals surface area contributed by atoms with E-state index in [1.54, 1.807) is 38.1 Å². The van der Waals surface area contributed by atoms with Crippen LogP contribution in [0.2, 0.25) is 0 Å². The normalized spacial score (nSPS) is 13.1. The molecule has 3 aromatic rings. The number of hydrogen-bond acceptors (Lipinski definition) is 11. The molecule has 3 rings (SSSR count). The van der Waals surface area contributed by atoms with Crippen LogP contribution in [-0.4, -0.2) is 82.0 Å². The van der Waals surface area contributed by atoms with Gasteiger partial charge in [0, 0.05) is 18.0 Å². The van der Waals surface area contributed by atoms with Crippen molar-refractivity contribution in [1.82, 2.24) is 14.6 Å². The van der Waals surface area contributed by atoms with Gasteiger partial charge < -0.3 is 35.2 Å².